The molecule has 2 atom stereocenters. The molecule has 0 saturated carbocycles. The van der Waals surface area contributed by atoms with Crippen molar-refractivity contribution >= 4 is 27.7 Å². The molecular weight excluding hydrogens is 276 g/mol. The third kappa shape index (κ3) is 7.20. The summed E-state index contributed by atoms with van der Waals surface area (Å²) in [5.74, 6) is 0.214. The van der Waals surface area contributed by atoms with Crippen LogP contribution in [0.3, 0.4) is 0 Å². The molecular formula is C10H22N2O4S2. The van der Waals surface area contributed by atoms with E-state index < -0.39 is 22.0 Å². The highest BCUT2D eigenvalue weighted by Gasteiger charge is 2.23. The Morgan fingerprint density at radius 3 is 2.50 bits per heavy atom. The summed E-state index contributed by atoms with van der Waals surface area (Å²) in [6.07, 6.45) is 2.31. The van der Waals surface area contributed by atoms with E-state index in [0.717, 1.165) is 0 Å². The highest BCUT2D eigenvalue weighted by molar-refractivity contribution is 7.98. The SMILES string of the molecule is CCS(=O)(=O)NC(CCSC)C(=O)NC(C)CO. The molecule has 0 aromatic carbocycles. The monoisotopic (exact) mass is 298 g/mol. The maximum absolute atomic E-state index is 11.9. The summed E-state index contributed by atoms with van der Waals surface area (Å²) in [6.45, 7) is 2.99. The van der Waals surface area contributed by atoms with E-state index in [1.807, 2.05) is 6.26 Å². The van der Waals surface area contributed by atoms with Crippen LogP contribution in [-0.4, -0.2) is 55.9 Å². The largest absolute Gasteiger partial charge is 0.394 e. The molecule has 8 heteroatoms. The lowest BCUT2D eigenvalue weighted by Crippen LogP contribution is -2.50. The topological polar surface area (TPSA) is 95.5 Å². The Morgan fingerprint density at radius 1 is 1.44 bits per heavy atom. The zero-order valence-electron chi connectivity index (χ0n) is 11.0. The standard InChI is InChI=1S/C10H22N2O4S2/c1-4-18(15,16)12-9(5-6-17-3)10(14)11-8(2)7-13/h8-9,12-13H,4-7H2,1-3H3,(H,11,14). The van der Waals surface area contributed by atoms with Gasteiger partial charge in [0.2, 0.25) is 15.9 Å². The van der Waals surface area contributed by atoms with Crippen molar-refractivity contribution in [2.75, 3.05) is 24.4 Å². The fraction of sp³-hybridized carbons (Fsp3) is 0.900. The molecule has 0 fully saturated rings. The first kappa shape index (κ1) is 17.7. The molecule has 0 saturated heterocycles. The maximum atomic E-state index is 11.9. The summed E-state index contributed by atoms with van der Waals surface area (Å²) >= 11 is 1.54. The minimum absolute atomic E-state index is 0.0639. The average molecular weight is 298 g/mol. The lowest BCUT2D eigenvalue weighted by molar-refractivity contribution is -0.123. The van der Waals surface area contributed by atoms with Crippen molar-refractivity contribution in [3.63, 3.8) is 0 Å². The van der Waals surface area contributed by atoms with Crippen LogP contribution in [-0.2, 0) is 14.8 Å². The molecule has 0 aliphatic rings. The molecule has 6 nitrogen and oxygen atoms in total. The van der Waals surface area contributed by atoms with Gasteiger partial charge in [-0.2, -0.15) is 11.8 Å². The highest BCUT2D eigenvalue weighted by atomic mass is 32.2. The molecule has 0 aromatic heterocycles. The summed E-state index contributed by atoms with van der Waals surface area (Å²) < 4.78 is 25.3. The van der Waals surface area contributed by atoms with E-state index in [1.165, 1.54) is 6.92 Å². The molecule has 0 aliphatic carbocycles. The van der Waals surface area contributed by atoms with E-state index in [0.29, 0.717) is 12.2 Å². The molecule has 0 radical (unpaired) electrons. The van der Waals surface area contributed by atoms with Gasteiger partial charge in [0.1, 0.15) is 6.04 Å². The Hall–Kier alpha value is -0.310. The number of nitrogens with one attached hydrogen (secondary N) is 2. The van der Waals surface area contributed by atoms with Crippen molar-refractivity contribution in [3.05, 3.63) is 0 Å². The second kappa shape index (κ2) is 8.73. The first-order valence-corrected chi connectivity index (χ1v) is 8.81. The number of hydrogen-bond donors (Lipinski definition) is 3. The van der Waals surface area contributed by atoms with Gasteiger partial charge in [-0.05, 0) is 32.3 Å². The fourth-order valence-electron chi connectivity index (χ4n) is 1.17. The van der Waals surface area contributed by atoms with E-state index in [2.05, 4.69) is 10.0 Å². The van der Waals surface area contributed by atoms with Crippen LogP contribution in [0.4, 0.5) is 0 Å². The van der Waals surface area contributed by atoms with Gasteiger partial charge in [0.25, 0.3) is 0 Å². The summed E-state index contributed by atoms with van der Waals surface area (Å²) in [6, 6.07) is -1.17. The van der Waals surface area contributed by atoms with Crippen molar-refractivity contribution in [1.82, 2.24) is 10.0 Å². The Morgan fingerprint density at radius 2 is 2.06 bits per heavy atom. The number of aliphatic hydroxyl groups excluding tert-OH is 1. The van der Waals surface area contributed by atoms with Gasteiger partial charge in [-0.3, -0.25) is 4.79 Å². The van der Waals surface area contributed by atoms with Crippen LogP contribution in [0.2, 0.25) is 0 Å². The molecule has 0 bridgehead atoms. The van der Waals surface area contributed by atoms with Gasteiger partial charge in [0, 0.05) is 6.04 Å². The molecule has 0 heterocycles. The molecule has 3 N–H and O–H groups in total. The summed E-state index contributed by atoms with van der Waals surface area (Å²) in [4.78, 5) is 11.9. The van der Waals surface area contributed by atoms with E-state index in [9.17, 15) is 13.2 Å². The number of sulfonamides is 1. The smallest absolute Gasteiger partial charge is 0.238 e. The lowest BCUT2D eigenvalue weighted by Gasteiger charge is -2.19. The molecule has 0 aliphatic heterocycles. The van der Waals surface area contributed by atoms with E-state index >= 15 is 0 Å². The molecule has 18 heavy (non-hydrogen) atoms. The first-order valence-electron chi connectivity index (χ1n) is 5.76. The minimum atomic E-state index is -3.42. The second-order valence-electron chi connectivity index (χ2n) is 3.95. The van der Waals surface area contributed by atoms with Gasteiger partial charge in [0.05, 0.1) is 12.4 Å². The molecule has 0 spiro atoms. The summed E-state index contributed by atoms with van der Waals surface area (Å²) in [5.41, 5.74) is 0. The van der Waals surface area contributed by atoms with Gasteiger partial charge in [-0.25, -0.2) is 13.1 Å². The normalized spacial score (nSPS) is 15.1. The van der Waals surface area contributed by atoms with Crippen LogP contribution < -0.4 is 10.0 Å². The molecule has 2 unspecified atom stereocenters. The first-order chi connectivity index (χ1) is 8.36. The second-order valence-corrected chi connectivity index (χ2v) is 6.98. The molecule has 1 amide bonds. The maximum Gasteiger partial charge on any atom is 0.238 e. The van der Waals surface area contributed by atoms with Crippen LogP contribution in [0.5, 0.6) is 0 Å². The highest BCUT2D eigenvalue weighted by Crippen LogP contribution is 2.03. The van der Waals surface area contributed by atoms with E-state index in [1.54, 1.807) is 18.7 Å². The van der Waals surface area contributed by atoms with Crippen molar-refractivity contribution in [2.24, 2.45) is 0 Å². The van der Waals surface area contributed by atoms with Gasteiger partial charge in [0.15, 0.2) is 0 Å². The third-order valence-electron chi connectivity index (χ3n) is 2.29. The number of rotatable bonds is 9. The number of amides is 1. The average Bonchev–Trinajstić information content (AvgIpc) is 2.33. The van der Waals surface area contributed by atoms with Crippen molar-refractivity contribution < 1.29 is 18.3 Å². The molecule has 0 aromatic rings. The Bertz CT molecular complexity index is 346. The quantitative estimate of drug-likeness (QED) is 0.535. The van der Waals surface area contributed by atoms with Crippen LogP contribution >= 0.6 is 11.8 Å². The van der Waals surface area contributed by atoms with Gasteiger partial charge in [-0.1, -0.05) is 0 Å². The predicted molar refractivity (Wildman–Crippen MR) is 74.1 cm³/mol. The Kier molecular flexibility index (Phi) is 8.58. The molecule has 0 rings (SSSR count). The van der Waals surface area contributed by atoms with Crippen LogP contribution in [0.15, 0.2) is 0 Å². The predicted octanol–water partition coefficient (Wildman–Crippen LogP) is -0.456. The minimum Gasteiger partial charge on any atom is -0.394 e. The number of carbonyl (C=O) groups excluding carboxylic acids is 1. The van der Waals surface area contributed by atoms with Crippen molar-refractivity contribution in [2.45, 2.75) is 32.4 Å². The number of thioether (sulfide) groups is 1. The van der Waals surface area contributed by atoms with Crippen LogP contribution in [0.1, 0.15) is 20.3 Å². The lowest BCUT2D eigenvalue weighted by atomic mass is 10.2. The zero-order valence-corrected chi connectivity index (χ0v) is 12.6. The number of carbonyl (C=O) groups is 1. The fourth-order valence-corrected chi connectivity index (χ4v) is 2.46. The van der Waals surface area contributed by atoms with Gasteiger partial charge in [-0.15, -0.1) is 0 Å². The van der Waals surface area contributed by atoms with Crippen LogP contribution in [0, 0.1) is 0 Å². The third-order valence-corrected chi connectivity index (χ3v) is 4.34. The summed E-state index contributed by atoms with van der Waals surface area (Å²) in [5, 5.41) is 11.4. The van der Waals surface area contributed by atoms with Crippen molar-refractivity contribution in [3.8, 4) is 0 Å². The number of hydrogen-bond acceptors (Lipinski definition) is 5. The van der Waals surface area contributed by atoms with Crippen molar-refractivity contribution in [1.29, 1.82) is 0 Å². The Balaban J connectivity index is 4.61. The van der Waals surface area contributed by atoms with Gasteiger partial charge >= 0.3 is 0 Å². The number of aliphatic hydroxyl groups is 1. The van der Waals surface area contributed by atoms with E-state index in [4.69, 9.17) is 5.11 Å². The van der Waals surface area contributed by atoms with Crippen LogP contribution in [0.25, 0.3) is 0 Å². The summed E-state index contributed by atoms with van der Waals surface area (Å²) in [7, 11) is -3.42. The zero-order chi connectivity index (χ0) is 14.2. The van der Waals surface area contributed by atoms with Gasteiger partial charge < -0.3 is 10.4 Å². The molecule has 108 valence electrons. The van der Waals surface area contributed by atoms with E-state index in [-0.39, 0.29) is 18.4 Å². The Labute approximate surface area is 113 Å².